The normalized spacial score (nSPS) is 12.5. The van der Waals surface area contributed by atoms with E-state index < -0.39 is 6.04 Å². The van der Waals surface area contributed by atoms with E-state index in [-0.39, 0.29) is 5.97 Å². The molecule has 0 saturated carbocycles. The number of hydrogen-bond donors (Lipinski definition) is 1. The first-order valence-electron chi connectivity index (χ1n) is 7.07. The van der Waals surface area contributed by atoms with Crippen molar-refractivity contribution in [2.24, 2.45) is 0 Å². The summed E-state index contributed by atoms with van der Waals surface area (Å²) < 4.78 is 5.20. The Morgan fingerprint density at radius 1 is 1.35 bits per heavy atom. The summed E-state index contributed by atoms with van der Waals surface area (Å²) in [5.41, 5.74) is 3.25. The lowest BCUT2D eigenvalue weighted by Gasteiger charge is -2.21. The van der Waals surface area contributed by atoms with Gasteiger partial charge >= 0.3 is 5.97 Å². The second-order valence-electron chi connectivity index (χ2n) is 5.30. The predicted octanol–water partition coefficient (Wildman–Crippen LogP) is 2.06. The number of esters is 1. The van der Waals surface area contributed by atoms with Gasteiger partial charge in [0.25, 0.3) is 0 Å². The first kappa shape index (κ1) is 16.7. The molecule has 0 amide bonds. The highest BCUT2D eigenvalue weighted by molar-refractivity contribution is 5.78. The van der Waals surface area contributed by atoms with Gasteiger partial charge in [-0.15, -0.1) is 0 Å². The molecule has 0 heterocycles. The number of benzene rings is 1. The van der Waals surface area contributed by atoms with E-state index in [1.54, 1.807) is 0 Å². The number of ether oxygens (including phenoxy) is 1. The number of nitrogens with one attached hydrogen (secondary N) is 1. The zero-order valence-corrected chi connectivity index (χ0v) is 13.2. The van der Waals surface area contributed by atoms with Gasteiger partial charge in [-0.1, -0.05) is 23.8 Å². The molecule has 0 aromatic heterocycles. The Hall–Kier alpha value is -1.39. The summed E-state index contributed by atoms with van der Waals surface area (Å²) in [6, 6.07) is 5.76. The van der Waals surface area contributed by atoms with Crippen molar-refractivity contribution < 1.29 is 9.53 Å². The fraction of sp³-hybridized carbons (Fsp3) is 0.562. The molecule has 1 atom stereocenters. The monoisotopic (exact) mass is 278 g/mol. The molecule has 0 saturated heterocycles. The minimum Gasteiger partial charge on any atom is -0.465 e. The molecule has 0 aliphatic carbocycles. The Labute approximate surface area is 122 Å². The van der Waals surface area contributed by atoms with Crippen molar-refractivity contribution in [3.8, 4) is 0 Å². The summed E-state index contributed by atoms with van der Waals surface area (Å²) in [6.45, 7) is 7.90. The minimum absolute atomic E-state index is 0.208. The largest absolute Gasteiger partial charge is 0.465 e. The van der Waals surface area contributed by atoms with Crippen molar-refractivity contribution in [3.63, 3.8) is 0 Å². The molecule has 112 valence electrons. The van der Waals surface area contributed by atoms with Crippen molar-refractivity contribution in [2.75, 3.05) is 33.8 Å². The molecule has 0 aliphatic rings. The molecule has 1 aromatic carbocycles. The predicted molar refractivity (Wildman–Crippen MR) is 81.8 cm³/mol. The van der Waals surface area contributed by atoms with Crippen molar-refractivity contribution in [3.05, 3.63) is 34.9 Å². The highest BCUT2D eigenvalue weighted by atomic mass is 16.5. The maximum Gasteiger partial charge on any atom is 0.327 e. The van der Waals surface area contributed by atoms with E-state index in [0.717, 1.165) is 29.8 Å². The Morgan fingerprint density at radius 2 is 2.05 bits per heavy atom. The molecule has 0 aliphatic heterocycles. The molecule has 0 radical (unpaired) electrons. The number of rotatable bonds is 7. The van der Waals surface area contributed by atoms with Gasteiger partial charge in [-0.3, -0.25) is 5.32 Å². The number of likely N-dealkylation sites (N-methyl/N-ethyl adjacent to an activating group) is 1. The number of nitrogens with zero attached hydrogens (tertiary/aromatic N) is 1. The molecule has 1 aromatic rings. The molecule has 0 bridgehead atoms. The number of hydrogen-bond acceptors (Lipinski definition) is 4. The zero-order valence-electron chi connectivity index (χ0n) is 13.2. The van der Waals surface area contributed by atoms with Crippen LogP contribution in [0.3, 0.4) is 0 Å². The van der Waals surface area contributed by atoms with E-state index in [4.69, 9.17) is 4.74 Å². The van der Waals surface area contributed by atoms with Crippen LogP contribution in [-0.2, 0) is 9.53 Å². The first-order valence-corrected chi connectivity index (χ1v) is 7.07. The van der Waals surface area contributed by atoms with Gasteiger partial charge in [0.2, 0.25) is 0 Å². The van der Waals surface area contributed by atoms with Crippen LogP contribution < -0.4 is 5.32 Å². The maximum atomic E-state index is 12.2. The maximum absolute atomic E-state index is 12.2. The first-order chi connectivity index (χ1) is 9.45. The molecular weight excluding hydrogens is 252 g/mol. The van der Waals surface area contributed by atoms with Crippen LogP contribution in [0.2, 0.25) is 0 Å². The van der Waals surface area contributed by atoms with E-state index in [1.165, 1.54) is 0 Å². The van der Waals surface area contributed by atoms with E-state index in [0.29, 0.717) is 6.61 Å². The smallest absolute Gasteiger partial charge is 0.327 e. The number of carbonyl (C=O) groups excluding carboxylic acids is 1. The summed E-state index contributed by atoms with van der Waals surface area (Å²) in [7, 11) is 4.03. The van der Waals surface area contributed by atoms with E-state index in [2.05, 4.69) is 22.3 Å². The number of aryl methyl sites for hydroxylation is 2. The summed E-state index contributed by atoms with van der Waals surface area (Å²) in [5, 5.41) is 3.30. The lowest BCUT2D eigenvalue weighted by Crippen LogP contribution is -2.35. The van der Waals surface area contributed by atoms with Gasteiger partial charge in [0.1, 0.15) is 6.04 Å². The standard InChI is InChI=1S/C16H26N2O2/c1-6-20-16(19)15(17-9-10-18(4)5)14-11-12(2)7-8-13(14)3/h7-8,11,15,17H,6,9-10H2,1-5H3. The quantitative estimate of drug-likeness (QED) is 0.775. The topological polar surface area (TPSA) is 41.6 Å². The van der Waals surface area contributed by atoms with Crippen LogP contribution in [0.15, 0.2) is 18.2 Å². The average Bonchev–Trinajstić information content (AvgIpc) is 2.38. The Kier molecular flexibility index (Phi) is 6.68. The second kappa shape index (κ2) is 8.02. The molecule has 20 heavy (non-hydrogen) atoms. The molecule has 1 N–H and O–H groups in total. The fourth-order valence-electron chi connectivity index (χ4n) is 2.05. The van der Waals surface area contributed by atoms with E-state index >= 15 is 0 Å². The van der Waals surface area contributed by atoms with E-state index in [9.17, 15) is 4.79 Å². The SMILES string of the molecule is CCOC(=O)C(NCCN(C)C)c1cc(C)ccc1C. The highest BCUT2D eigenvalue weighted by Gasteiger charge is 2.23. The van der Waals surface area contributed by atoms with Gasteiger partial charge in [-0.2, -0.15) is 0 Å². The van der Waals surface area contributed by atoms with Gasteiger partial charge in [-0.05, 0) is 46.0 Å². The summed E-state index contributed by atoms with van der Waals surface area (Å²) in [4.78, 5) is 14.3. The van der Waals surface area contributed by atoms with Gasteiger partial charge < -0.3 is 9.64 Å². The van der Waals surface area contributed by atoms with E-state index in [1.807, 2.05) is 40.9 Å². The fourth-order valence-corrected chi connectivity index (χ4v) is 2.05. The lowest BCUT2D eigenvalue weighted by molar-refractivity contribution is -0.145. The lowest BCUT2D eigenvalue weighted by atomic mass is 9.99. The summed E-state index contributed by atoms with van der Waals surface area (Å²) >= 11 is 0. The Balaban J connectivity index is 2.91. The third-order valence-corrected chi connectivity index (χ3v) is 3.18. The van der Waals surface area contributed by atoms with Crippen LogP contribution in [0.1, 0.15) is 29.7 Å². The van der Waals surface area contributed by atoms with Crippen molar-refractivity contribution >= 4 is 5.97 Å². The summed E-state index contributed by atoms with van der Waals surface area (Å²) in [6.07, 6.45) is 0. The average molecular weight is 278 g/mol. The molecule has 4 nitrogen and oxygen atoms in total. The minimum atomic E-state index is -0.394. The van der Waals surface area contributed by atoms with Crippen molar-refractivity contribution in [1.82, 2.24) is 10.2 Å². The van der Waals surface area contributed by atoms with Crippen LogP contribution >= 0.6 is 0 Å². The van der Waals surface area contributed by atoms with Gasteiger partial charge in [0.15, 0.2) is 0 Å². The Morgan fingerprint density at radius 3 is 2.65 bits per heavy atom. The molecule has 1 rings (SSSR count). The molecular formula is C16H26N2O2. The third-order valence-electron chi connectivity index (χ3n) is 3.18. The second-order valence-corrected chi connectivity index (χ2v) is 5.30. The van der Waals surface area contributed by atoms with Gasteiger partial charge in [0.05, 0.1) is 6.61 Å². The third kappa shape index (κ3) is 4.94. The van der Waals surface area contributed by atoms with Crippen LogP contribution in [0.5, 0.6) is 0 Å². The summed E-state index contributed by atoms with van der Waals surface area (Å²) in [5.74, 6) is -0.208. The van der Waals surface area contributed by atoms with Crippen LogP contribution in [0, 0.1) is 13.8 Å². The van der Waals surface area contributed by atoms with Gasteiger partial charge in [0, 0.05) is 13.1 Å². The van der Waals surface area contributed by atoms with Crippen molar-refractivity contribution in [2.45, 2.75) is 26.8 Å². The molecule has 4 heteroatoms. The Bertz CT molecular complexity index is 444. The molecule has 0 spiro atoms. The van der Waals surface area contributed by atoms with Crippen molar-refractivity contribution in [1.29, 1.82) is 0 Å². The van der Waals surface area contributed by atoms with Crippen LogP contribution in [0.25, 0.3) is 0 Å². The molecule has 0 fully saturated rings. The zero-order chi connectivity index (χ0) is 15.1. The number of carbonyl (C=O) groups is 1. The van der Waals surface area contributed by atoms with Crippen LogP contribution in [0.4, 0.5) is 0 Å². The highest BCUT2D eigenvalue weighted by Crippen LogP contribution is 2.20. The van der Waals surface area contributed by atoms with Crippen LogP contribution in [-0.4, -0.2) is 44.7 Å². The molecule has 1 unspecified atom stereocenters. The van der Waals surface area contributed by atoms with Gasteiger partial charge in [-0.25, -0.2) is 4.79 Å².